The predicted octanol–water partition coefficient (Wildman–Crippen LogP) is 3.42. The van der Waals surface area contributed by atoms with Gasteiger partial charge in [-0.1, -0.05) is 12.1 Å². The minimum atomic E-state index is -0.168. The number of hydrogen-bond acceptors (Lipinski definition) is 3. The van der Waals surface area contributed by atoms with Gasteiger partial charge in [-0.05, 0) is 31.2 Å². The number of nitrogens with zero attached hydrogens (tertiary/aromatic N) is 1. The molecule has 1 aromatic heterocycles. The number of aryl methyl sites for hydroxylation is 1. The number of hydrogen-bond donors (Lipinski definition) is 1. The molecule has 0 saturated carbocycles. The maximum Gasteiger partial charge on any atom is 0.146 e. The van der Waals surface area contributed by atoms with Crippen LogP contribution in [0.15, 0.2) is 36.4 Å². The van der Waals surface area contributed by atoms with Crippen molar-refractivity contribution in [1.29, 1.82) is 0 Å². The SMILES string of the molecule is Cc1ccc(CNCCN(C)c2ccccc2F)s1. The molecule has 0 amide bonds. The van der Waals surface area contributed by atoms with Gasteiger partial charge in [0.2, 0.25) is 0 Å². The average Bonchev–Trinajstić information content (AvgIpc) is 2.81. The van der Waals surface area contributed by atoms with Crippen LogP contribution in [-0.4, -0.2) is 20.1 Å². The average molecular weight is 278 g/mol. The fraction of sp³-hybridized carbons (Fsp3) is 0.333. The van der Waals surface area contributed by atoms with Gasteiger partial charge in [0.25, 0.3) is 0 Å². The summed E-state index contributed by atoms with van der Waals surface area (Å²) in [6.07, 6.45) is 0. The molecular formula is C15H19FN2S. The molecule has 0 unspecified atom stereocenters. The molecule has 1 heterocycles. The van der Waals surface area contributed by atoms with Gasteiger partial charge in [0.15, 0.2) is 0 Å². The van der Waals surface area contributed by atoms with E-state index in [0.29, 0.717) is 5.69 Å². The highest BCUT2D eigenvalue weighted by Crippen LogP contribution is 2.16. The molecule has 0 fully saturated rings. The lowest BCUT2D eigenvalue weighted by Gasteiger charge is -2.19. The minimum Gasteiger partial charge on any atom is -0.371 e. The number of benzene rings is 1. The van der Waals surface area contributed by atoms with Gasteiger partial charge < -0.3 is 10.2 Å². The number of nitrogens with one attached hydrogen (secondary N) is 1. The zero-order valence-corrected chi connectivity index (χ0v) is 12.1. The van der Waals surface area contributed by atoms with Crippen molar-refractivity contribution in [3.8, 4) is 0 Å². The predicted molar refractivity (Wildman–Crippen MR) is 80.4 cm³/mol. The highest BCUT2D eigenvalue weighted by atomic mass is 32.1. The number of anilines is 1. The summed E-state index contributed by atoms with van der Waals surface area (Å²) in [6, 6.07) is 11.1. The van der Waals surface area contributed by atoms with Crippen LogP contribution in [0.2, 0.25) is 0 Å². The van der Waals surface area contributed by atoms with E-state index in [4.69, 9.17) is 0 Å². The molecule has 0 atom stereocenters. The smallest absolute Gasteiger partial charge is 0.146 e. The van der Waals surface area contributed by atoms with E-state index in [-0.39, 0.29) is 5.82 Å². The van der Waals surface area contributed by atoms with E-state index in [1.165, 1.54) is 15.8 Å². The Bertz CT molecular complexity index is 524. The number of halogens is 1. The third kappa shape index (κ3) is 4.04. The van der Waals surface area contributed by atoms with Crippen molar-refractivity contribution >= 4 is 17.0 Å². The van der Waals surface area contributed by atoms with Crippen LogP contribution in [0.4, 0.5) is 10.1 Å². The van der Waals surface area contributed by atoms with Crippen LogP contribution in [0.25, 0.3) is 0 Å². The molecule has 0 bridgehead atoms. The number of rotatable bonds is 6. The molecule has 0 spiro atoms. The fourth-order valence-electron chi connectivity index (χ4n) is 1.92. The molecule has 102 valence electrons. The van der Waals surface area contributed by atoms with E-state index in [1.54, 1.807) is 12.1 Å². The molecule has 19 heavy (non-hydrogen) atoms. The molecule has 4 heteroatoms. The molecular weight excluding hydrogens is 259 g/mol. The van der Waals surface area contributed by atoms with E-state index in [2.05, 4.69) is 24.4 Å². The van der Waals surface area contributed by atoms with E-state index in [9.17, 15) is 4.39 Å². The Morgan fingerprint density at radius 2 is 2.00 bits per heavy atom. The van der Waals surface area contributed by atoms with Crippen molar-refractivity contribution in [3.63, 3.8) is 0 Å². The van der Waals surface area contributed by atoms with Crippen LogP contribution in [0.1, 0.15) is 9.75 Å². The second-order valence-corrected chi connectivity index (χ2v) is 5.93. The lowest BCUT2D eigenvalue weighted by molar-refractivity contribution is 0.616. The summed E-state index contributed by atoms with van der Waals surface area (Å²) in [4.78, 5) is 4.61. The zero-order valence-electron chi connectivity index (χ0n) is 11.3. The third-order valence-corrected chi connectivity index (χ3v) is 3.98. The first kappa shape index (κ1) is 14.0. The summed E-state index contributed by atoms with van der Waals surface area (Å²) in [5.74, 6) is -0.168. The molecule has 1 aromatic carbocycles. The van der Waals surface area contributed by atoms with E-state index < -0.39 is 0 Å². The normalized spacial score (nSPS) is 10.7. The van der Waals surface area contributed by atoms with Crippen LogP contribution in [0.3, 0.4) is 0 Å². The molecule has 2 aromatic rings. The van der Waals surface area contributed by atoms with Gasteiger partial charge in [-0.2, -0.15) is 0 Å². The van der Waals surface area contributed by atoms with Gasteiger partial charge >= 0.3 is 0 Å². The van der Waals surface area contributed by atoms with Gasteiger partial charge in [0.05, 0.1) is 5.69 Å². The monoisotopic (exact) mass is 278 g/mol. The number of para-hydroxylation sites is 1. The summed E-state index contributed by atoms with van der Waals surface area (Å²) >= 11 is 1.81. The number of thiophene rings is 1. The van der Waals surface area contributed by atoms with Gasteiger partial charge in [-0.15, -0.1) is 11.3 Å². The van der Waals surface area contributed by atoms with Crippen LogP contribution in [0.5, 0.6) is 0 Å². The lowest BCUT2D eigenvalue weighted by atomic mass is 10.3. The second kappa shape index (κ2) is 6.68. The Labute approximate surface area is 117 Å². The van der Waals surface area contributed by atoms with Crippen LogP contribution < -0.4 is 10.2 Å². The van der Waals surface area contributed by atoms with Gasteiger partial charge in [-0.3, -0.25) is 0 Å². The molecule has 0 aliphatic carbocycles. The molecule has 0 aliphatic rings. The van der Waals surface area contributed by atoms with E-state index in [0.717, 1.165) is 19.6 Å². The highest BCUT2D eigenvalue weighted by molar-refractivity contribution is 7.11. The highest BCUT2D eigenvalue weighted by Gasteiger charge is 2.05. The Balaban J connectivity index is 1.75. The van der Waals surface area contributed by atoms with Crippen molar-refractivity contribution in [2.24, 2.45) is 0 Å². The van der Waals surface area contributed by atoms with E-state index in [1.807, 2.05) is 29.4 Å². The first-order valence-electron chi connectivity index (χ1n) is 6.38. The number of likely N-dealkylation sites (N-methyl/N-ethyl adjacent to an activating group) is 1. The maximum absolute atomic E-state index is 13.6. The Morgan fingerprint density at radius 3 is 2.68 bits per heavy atom. The Hall–Kier alpha value is -1.39. The summed E-state index contributed by atoms with van der Waals surface area (Å²) in [5, 5.41) is 3.38. The summed E-state index contributed by atoms with van der Waals surface area (Å²) in [6.45, 7) is 4.61. The zero-order chi connectivity index (χ0) is 13.7. The standard InChI is InChI=1S/C15H19FN2S/c1-12-7-8-13(19-12)11-17-9-10-18(2)15-6-4-3-5-14(15)16/h3-8,17H,9-11H2,1-2H3. The first-order valence-corrected chi connectivity index (χ1v) is 7.20. The Morgan fingerprint density at radius 1 is 1.21 bits per heavy atom. The topological polar surface area (TPSA) is 15.3 Å². The molecule has 2 nitrogen and oxygen atoms in total. The van der Waals surface area contributed by atoms with Gasteiger partial charge in [0, 0.05) is 36.4 Å². The minimum absolute atomic E-state index is 0.168. The van der Waals surface area contributed by atoms with Gasteiger partial charge in [0.1, 0.15) is 5.82 Å². The fourth-order valence-corrected chi connectivity index (χ4v) is 2.78. The van der Waals surface area contributed by atoms with Crippen molar-refractivity contribution in [1.82, 2.24) is 5.32 Å². The summed E-state index contributed by atoms with van der Waals surface area (Å²) < 4.78 is 13.6. The van der Waals surface area contributed by atoms with Crippen molar-refractivity contribution in [2.75, 3.05) is 25.0 Å². The molecule has 0 radical (unpaired) electrons. The maximum atomic E-state index is 13.6. The van der Waals surface area contributed by atoms with Gasteiger partial charge in [-0.25, -0.2) is 4.39 Å². The molecule has 0 saturated heterocycles. The van der Waals surface area contributed by atoms with Crippen molar-refractivity contribution in [2.45, 2.75) is 13.5 Å². The second-order valence-electron chi connectivity index (χ2n) is 4.56. The van der Waals surface area contributed by atoms with Crippen molar-refractivity contribution < 1.29 is 4.39 Å². The first-order chi connectivity index (χ1) is 9.16. The lowest BCUT2D eigenvalue weighted by Crippen LogP contribution is -2.29. The summed E-state index contributed by atoms with van der Waals surface area (Å²) in [5.41, 5.74) is 0.649. The van der Waals surface area contributed by atoms with Crippen molar-refractivity contribution in [3.05, 3.63) is 52.0 Å². The molecule has 2 rings (SSSR count). The largest absolute Gasteiger partial charge is 0.371 e. The molecule has 1 N–H and O–H groups in total. The van der Waals surface area contributed by atoms with Crippen LogP contribution >= 0.6 is 11.3 Å². The van der Waals surface area contributed by atoms with E-state index >= 15 is 0 Å². The quantitative estimate of drug-likeness (QED) is 0.815. The third-order valence-electron chi connectivity index (χ3n) is 2.98. The Kier molecular flexibility index (Phi) is 4.93. The molecule has 0 aliphatic heterocycles. The summed E-state index contributed by atoms with van der Waals surface area (Å²) in [7, 11) is 1.91. The van der Waals surface area contributed by atoms with Crippen LogP contribution in [-0.2, 0) is 6.54 Å². The van der Waals surface area contributed by atoms with Crippen LogP contribution in [0, 0.1) is 12.7 Å².